The van der Waals surface area contributed by atoms with Crippen LogP contribution in [0.3, 0.4) is 0 Å². The van der Waals surface area contributed by atoms with Crippen molar-refractivity contribution in [2.45, 2.75) is 44.4 Å². The van der Waals surface area contributed by atoms with Crippen LogP contribution in [0, 0.1) is 11.8 Å². The minimum absolute atomic E-state index is 0.432. The van der Waals surface area contributed by atoms with Crippen molar-refractivity contribution < 1.29 is 0 Å². The van der Waals surface area contributed by atoms with Crippen molar-refractivity contribution in [1.82, 2.24) is 0 Å². The Morgan fingerprint density at radius 1 is 1.19 bits per heavy atom. The van der Waals surface area contributed by atoms with E-state index in [0.717, 1.165) is 11.8 Å². The van der Waals surface area contributed by atoms with Gasteiger partial charge in [0.2, 0.25) is 0 Å². The van der Waals surface area contributed by atoms with E-state index in [9.17, 15) is 0 Å². The van der Waals surface area contributed by atoms with Crippen molar-refractivity contribution in [3.8, 4) is 0 Å². The van der Waals surface area contributed by atoms with Gasteiger partial charge in [0.1, 0.15) is 0 Å². The lowest BCUT2D eigenvalue weighted by Crippen LogP contribution is -1.99. The fraction of sp³-hybridized carbons (Fsp3) is 0.600. The summed E-state index contributed by atoms with van der Waals surface area (Å²) in [6.07, 6.45) is 6.45. The third-order valence-corrected chi connectivity index (χ3v) is 4.41. The molecule has 0 saturated heterocycles. The third-order valence-electron chi connectivity index (χ3n) is 3.80. The third kappa shape index (κ3) is 3.25. The summed E-state index contributed by atoms with van der Waals surface area (Å²) < 4.78 is 0. The molecule has 0 amide bonds. The van der Waals surface area contributed by atoms with Crippen molar-refractivity contribution in [3.63, 3.8) is 0 Å². The Labute approximate surface area is 104 Å². The molecule has 0 nitrogen and oxygen atoms in total. The van der Waals surface area contributed by atoms with E-state index in [1.807, 2.05) is 0 Å². The molecule has 1 heteroatoms. The first-order chi connectivity index (χ1) is 7.75. The smallest absolute Gasteiger partial charge is 0.0364 e. The summed E-state index contributed by atoms with van der Waals surface area (Å²) in [5.41, 5.74) is 1.47. The molecule has 0 aliphatic heterocycles. The Morgan fingerprint density at radius 3 is 2.56 bits per heavy atom. The van der Waals surface area contributed by atoms with Crippen LogP contribution in [0.15, 0.2) is 30.3 Å². The molecule has 0 aromatic heterocycles. The maximum atomic E-state index is 6.25. The summed E-state index contributed by atoms with van der Waals surface area (Å²) in [5, 5.41) is 0.432. The van der Waals surface area contributed by atoms with Crippen molar-refractivity contribution in [3.05, 3.63) is 35.9 Å². The van der Waals surface area contributed by atoms with E-state index in [2.05, 4.69) is 37.3 Å². The SMILES string of the molecule is CC1CC(CCCc2ccccc2)CC1Cl. The molecule has 16 heavy (non-hydrogen) atoms. The van der Waals surface area contributed by atoms with Gasteiger partial charge in [0.25, 0.3) is 0 Å². The zero-order valence-electron chi connectivity index (χ0n) is 10.0. The molecule has 3 unspecified atom stereocenters. The quantitative estimate of drug-likeness (QED) is 0.667. The highest BCUT2D eigenvalue weighted by Crippen LogP contribution is 2.37. The van der Waals surface area contributed by atoms with Gasteiger partial charge in [0.05, 0.1) is 0 Å². The Kier molecular flexibility index (Phi) is 4.29. The lowest BCUT2D eigenvalue weighted by Gasteiger charge is -2.08. The predicted octanol–water partition coefficient (Wildman–Crippen LogP) is 4.66. The predicted molar refractivity (Wildman–Crippen MR) is 70.9 cm³/mol. The lowest BCUT2D eigenvalue weighted by molar-refractivity contribution is 0.464. The van der Waals surface area contributed by atoms with Gasteiger partial charge in [-0.1, -0.05) is 43.7 Å². The monoisotopic (exact) mass is 236 g/mol. The van der Waals surface area contributed by atoms with E-state index >= 15 is 0 Å². The molecular formula is C15H21Cl. The molecule has 1 aromatic rings. The minimum Gasteiger partial charge on any atom is -0.123 e. The van der Waals surface area contributed by atoms with Crippen LogP contribution in [-0.2, 0) is 6.42 Å². The van der Waals surface area contributed by atoms with Crippen LogP contribution >= 0.6 is 11.6 Å². The average molecular weight is 237 g/mol. The fourth-order valence-corrected chi connectivity index (χ4v) is 3.15. The molecule has 2 rings (SSSR count). The molecule has 0 bridgehead atoms. The van der Waals surface area contributed by atoms with Gasteiger partial charge in [-0.15, -0.1) is 11.6 Å². The molecule has 1 aromatic carbocycles. The van der Waals surface area contributed by atoms with Crippen LogP contribution < -0.4 is 0 Å². The first-order valence-corrected chi connectivity index (χ1v) is 6.87. The van der Waals surface area contributed by atoms with Crippen LogP contribution in [0.2, 0.25) is 0 Å². The molecule has 1 aliphatic carbocycles. The van der Waals surface area contributed by atoms with Crippen LogP contribution in [0.4, 0.5) is 0 Å². The van der Waals surface area contributed by atoms with Crippen molar-refractivity contribution in [2.75, 3.05) is 0 Å². The summed E-state index contributed by atoms with van der Waals surface area (Å²) in [6.45, 7) is 2.29. The highest BCUT2D eigenvalue weighted by molar-refractivity contribution is 6.20. The summed E-state index contributed by atoms with van der Waals surface area (Å²) in [5.74, 6) is 1.60. The first kappa shape index (κ1) is 12.0. The van der Waals surface area contributed by atoms with Crippen molar-refractivity contribution in [1.29, 1.82) is 0 Å². The van der Waals surface area contributed by atoms with Gasteiger partial charge in [-0.05, 0) is 43.1 Å². The maximum Gasteiger partial charge on any atom is 0.0364 e. The second-order valence-electron chi connectivity index (χ2n) is 5.21. The Bertz CT molecular complexity index is 296. The molecule has 88 valence electrons. The van der Waals surface area contributed by atoms with E-state index in [1.54, 1.807) is 0 Å². The number of benzene rings is 1. The molecule has 0 radical (unpaired) electrons. The van der Waals surface area contributed by atoms with E-state index in [0.29, 0.717) is 5.38 Å². The Morgan fingerprint density at radius 2 is 1.94 bits per heavy atom. The average Bonchev–Trinajstić information content (AvgIpc) is 2.60. The van der Waals surface area contributed by atoms with Crippen LogP contribution in [-0.4, -0.2) is 5.38 Å². The van der Waals surface area contributed by atoms with E-state index in [-0.39, 0.29) is 0 Å². The van der Waals surface area contributed by atoms with Gasteiger partial charge < -0.3 is 0 Å². The van der Waals surface area contributed by atoms with Crippen LogP contribution in [0.5, 0.6) is 0 Å². The summed E-state index contributed by atoms with van der Waals surface area (Å²) in [6, 6.07) is 10.8. The summed E-state index contributed by atoms with van der Waals surface area (Å²) >= 11 is 6.25. The van der Waals surface area contributed by atoms with Crippen molar-refractivity contribution in [2.24, 2.45) is 11.8 Å². The molecule has 0 N–H and O–H groups in total. The molecule has 1 aliphatic rings. The zero-order chi connectivity index (χ0) is 11.4. The number of halogens is 1. The molecule has 0 heterocycles. The number of hydrogen-bond donors (Lipinski definition) is 0. The Balaban J connectivity index is 1.69. The number of alkyl halides is 1. The molecule has 3 atom stereocenters. The second kappa shape index (κ2) is 5.72. The standard InChI is InChI=1S/C15H21Cl/c1-12-10-14(11-15(12)16)9-5-8-13-6-3-2-4-7-13/h2-4,6-7,12,14-15H,5,8-11H2,1H3. The van der Waals surface area contributed by atoms with E-state index < -0.39 is 0 Å². The van der Waals surface area contributed by atoms with Gasteiger partial charge in [-0.2, -0.15) is 0 Å². The highest BCUT2D eigenvalue weighted by atomic mass is 35.5. The van der Waals surface area contributed by atoms with Gasteiger partial charge in [-0.25, -0.2) is 0 Å². The van der Waals surface area contributed by atoms with Crippen molar-refractivity contribution >= 4 is 11.6 Å². The molecule has 0 spiro atoms. The fourth-order valence-electron chi connectivity index (χ4n) is 2.80. The summed E-state index contributed by atoms with van der Waals surface area (Å²) in [4.78, 5) is 0. The van der Waals surface area contributed by atoms with Crippen LogP contribution in [0.25, 0.3) is 0 Å². The van der Waals surface area contributed by atoms with E-state index in [4.69, 9.17) is 11.6 Å². The largest absolute Gasteiger partial charge is 0.123 e. The Hall–Kier alpha value is -0.490. The number of aryl methyl sites for hydroxylation is 1. The van der Waals surface area contributed by atoms with Crippen LogP contribution in [0.1, 0.15) is 38.2 Å². The first-order valence-electron chi connectivity index (χ1n) is 6.43. The topological polar surface area (TPSA) is 0 Å². The highest BCUT2D eigenvalue weighted by Gasteiger charge is 2.28. The van der Waals surface area contributed by atoms with Gasteiger partial charge in [0.15, 0.2) is 0 Å². The van der Waals surface area contributed by atoms with Gasteiger partial charge >= 0.3 is 0 Å². The van der Waals surface area contributed by atoms with Gasteiger partial charge in [-0.3, -0.25) is 0 Å². The summed E-state index contributed by atoms with van der Waals surface area (Å²) in [7, 11) is 0. The molecule has 1 saturated carbocycles. The number of rotatable bonds is 4. The number of hydrogen-bond acceptors (Lipinski definition) is 0. The molecular weight excluding hydrogens is 216 g/mol. The lowest BCUT2D eigenvalue weighted by atomic mass is 9.97. The second-order valence-corrected chi connectivity index (χ2v) is 5.77. The minimum atomic E-state index is 0.432. The zero-order valence-corrected chi connectivity index (χ0v) is 10.8. The normalized spacial score (nSPS) is 29.5. The maximum absolute atomic E-state index is 6.25. The molecule has 1 fully saturated rings. The van der Waals surface area contributed by atoms with Gasteiger partial charge in [0, 0.05) is 5.38 Å². The van der Waals surface area contributed by atoms with E-state index in [1.165, 1.54) is 37.7 Å².